The molecule has 0 radical (unpaired) electrons. The van der Waals surface area contributed by atoms with E-state index in [0.29, 0.717) is 17.2 Å². The van der Waals surface area contributed by atoms with Gasteiger partial charge in [0.05, 0.1) is 10.6 Å². The third kappa shape index (κ3) is 4.07. The quantitative estimate of drug-likeness (QED) is 0.779. The fourth-order valence-electron chi connectivity index (χ4n) is 3.70. The molecular weight excluding hydrogens is 372 g/mol. The number of carbonyl (C=O) groups excluding carboxylic acids is 1. The zero-order valence-corrected chi connectivity index (χ0v) is 17.8. The molecule has 1 amide bonds. The topological polar surface area (TPSA) is 57.7 Å². The van der Waals surface area contributed by atoms with Crippen LogP contribution in [0.5, 0.6) is 0 Å². The van der Waals surface area contributed by atoms with Gasteiger partial charge in [-0.25, -0.2) is 8.42 Å². The van der Waals surface area contributed by atoms with Crippen molar-refractivity contribution < 1.29 is 13.2 Å². The average molecular weight is 401 g/mol. The van der Waals surface area contributed by atoms with Crippen LogP contribution in [0.15, 0.2) is 47.4 Å². The Bertz CT molecular complexity index is 968. The number of piperidine rings is 1. The van der Waals surface area contributed by atoms with E-state index in [0.717, 1.165) is 37.1 Å². The van der Waals surface area contributed by atoms with Crippen LogP contribution in [-0.4, -0.2) is 39.4 Å². The molecule has 1 aliphatic heterocycles. The summed E-state index contributed by atoms with van der Waals surface area (Å²) in [5, 5.41) is 0. The van der Waals surface area contributed by atoms with Gasteiger partial charge in [-0.3, -0.25) is 9.10 Å². The highest BCUT2D eigenvalue weighted by molar-refractivity contribution is 7.92. The number of rotatable bonds is 4. The molecular formula is C22H28N2O3S. The molecule has 1 heterocycles. The highest BCUT2D eigenvalue weighted by atomic mass is 32.2. The lowest BCUT2D eigenvalue weighted by molar-refractivity contribution is 0.0683. The van der Waals surface area contributed by atoms with E-state index in [-0.39, 0.29) is 10.8 Å². The molecule has 2 aromatic carbocycles. The van der Waals surface area contributed by atoms with E-state index in [1.807, 2.05) is 18.7 Å². The van der Waals surface area contributed by atoms with Gasteiger partial charge < -0.3 is 4.90 Å². The van der Waals surface area contributed by atoms with Crippen molar-refractivity contribution in [2.24, 2.45) is 5.92 Å². The summed E-state index contributed by atoms with van der Waals surface area (Å²) in [6.45, 7) is 7.49. The van der Waals surface area contributed by atoms with Gasteiger partial charge in [-0.15, -0.1) is 0 Å². The largest absolute Gasteiger partial charge is 0.338 e. The van der Waals surface area contributed by atoms with Crippen molar-refractivity contribution in [3.05, 3.63) is 59.2 Å². The van der Waals surface area contributed by atoms with Gasteiger partial charge in [0.2, 0.25) is 0 Å². The molecule has 0 N–H and O–H groups in total. The third-order valence-corrected chi connectivity index (χ3v) is 7.19. The van der Waals surface area contributed by atoms with Gasteiger partial charge in [0.25, 0.3) is 15.9 Å². The van der Waals surface area contributed by atoms with Crippen LogP contribution in [0.1, 0.15) is 41.3 Å². The maximum Gasteiger partial charge on any atom is 0.264 e. The van der Waals surface area contributed by atoms with Crippen LogP contribution >= 0.6 is 0 Å². The van der Waals surface area contributed by atoms with Gasteiger partial charge in [-0.1, -0.05) is 24.6 Å². The second kappa shape index (κ2) is 7.95. The number of anilines is 1. The molecule has 0 spiro atoms. The van der Waals surface area contributed by atoms with Crippen LogP contribution in [0.4, 0.5) is 5.69 Å². The zero-order valence-electron chi connectivity index (χ0n) is 17.0. The molecule has 0 saturated carbocycles. The second-order valence-corrected chi connectivity index (χ2v) is 9.75. The lowest BCUT2D eigenvalue weighted by Crippen LogP contribution is -2.39. The Morgan fingerprint density at radius 1 is 1.11 bits per heavy atom. The minimum atomic E-state index is -3.65. The second-order valence-electron chi connectivity index (χ2n) is 7.79. The first kappa shape index (κ1) is 20.4. The summed E-state index contributed by atoms with van der Waals surface area (Å²) < 4.78 is 27.2. The van der Waals surface area contributed by atoms with Gasteiger partial charge in [-0.05, 0) is 68.5 Å². The van der Waals surface area contributed by atoms with E-state index in [1.54, 1.807) is 49.5 Å². The van der Waals surface area contributed by atoms with Crippen molar-refractivity contribution in [3.8, 4) is 0 Å². The standard InChI is InChI=1S/C22H28N2O3S/c1-16-7-10-20(11-8-16)28(26,27)23(4)21-12-9-19(14-18(21)3)22(25)24-13-5-6-17(2)15-24/h7-12,14,17H,5-6,13,15H2,1-4H3/t17-/m1/s1. The molecule has 2 aromatic rings. The summed E-state index contributed by atoms with van der Waals surface area (Å²) in [6, 6.07) is 12.0. The summed E-state index contributed by atoms with van der Waals surface area (Å²) in [7, 11) is -2.11. The van der Waals surface area contributed by atoms with Gasteiger partial charge >= 0.3 is 0 Å². The lowest BCUT2D eigenvalue weighted by Gasteiger charge is -2.31. The highest BCUT2D eigenvalue weighted by Gasteiger charge is 2.25. The molecule has 5 nitrogen and oxygen atoms in total. The first-order chi connectivity index (χ1) is 13.2. The molecule has 0 aliphatic carbocycles. The Balaban J connectivity index is 1.85. The highest BCUT2D eigenvalue weighted by Crippen LogP contribution is 2.27. The Kier molecular flexibility index (Phi) is 5.79. The summed E-state index contributed by atoms with van der Waals surface area (Å²) in [6.07, 6.45) is 2.19. The van der Waals surface area contributed by atoms with Crippen molar-refractivity contribution in [3.63, 3.8) is 0 Å². The van der Waals surface area contributed by atoms with Crippen molar-refractivity contribution in [2.45, 2.75) is 38.5 Å². The van der Waals surface area contributed by atoms with Crippen molar-refractivity contribution in [2.75, 3.05) is 24.4 Å². The predicted molar refractivity (Wildman–Crippen MR) is 112 cm³/mol. The number of likely N-dealkylation sites (tertiary alicyclic amines) is 1. The van der Waals surface area contributed by atoms with Gasteiger partial charge in [0.15, 0.2) is 0 Å². The predicted octanol–water partition coefficient (Wildman–Crippen LogP) is 4.00. The maximum absolute atomic E-state index is 12.9. The molecule has 1 saturated heterocycles. The first-order valence-corrected chi connectivity index (χ1v) is 11.1. The van der Waals surface area contributed by atoms with E-state index in [1.165, 1.54) is 4.31 Å². The van der Waals surface area contributed by atoms with E-state index < -0.39 is 10.0 Å². The summed E-state index contributed by atoms with van der Waals surface area (Å²) >= 11 is 0. The van der Waals surface area contributed by atoms with Crippen LogP contribution in [0.25, 0.3) is 0 Å². The normalized spacial score (nSPS) is 17.4. The number of hydrogen-bond donors (Lipinski definition) is 0. The van der Waals surface area contributed by atoms with Crippen LogP contribution in [0.2, 0.25) is 0 Å². The molecule has 1 aliphatic rings. The minimum Gasteiger partial charge on any atom is -0.338 e. The Hall–Kier alpha value is -2.34. The van der Waals surface area contributed by atoms with Crippen molar-refractivity contribution in [1.82, 2.24) is 4.90 Å². The SMILES string of the molecule is Cc1ccc(S(=O)(=O)N(C)c2ccc(C(=O)N3CCC[C@@H](C)C3)cc2C)cc1. The number of aryl methyl sites for hydroxylation is 2. The first-order valence-electron chi connectivity index (χ1n) is 9.65. The molecule has 3 rings (SSSR count). The number of hydrogen-bond acceptors (Lipinski definition) is 3. The number of amides is 1. The molecule has 0 unspecified atom stereocenters. The molecule has 1 atom stereocenters. The molecule has 0 bridgehead atoms. The van der Waals surface area contributed by atoms with Crippen molar-refractivity contribution >= 4 is 21.6 Å². The monoisotopic (exact) mass is 400 g/mol. The van der Waals surface area contributed by atoms with Crippen LogP contribution in [0, 0.1) is 19.8 Å². The number of nitrogens with zero attached hydrogens (tertiary/aromatic N) is 2. The Morgan fingerprint density at radius 2 is 1.79 bits per heavy atom. The summed E-state index contributed by atoms with van der Waals surface area (Å²) in [5.41, 5.74) is 2.95. The van der Waals surface area contributed by atoms with Gasteiger partial charge in [-0.2, -0.15) is 0 Å². The molecule has 150 valence electrons. The van der Waals surface area contributed by atoms with Crippen LogP contribution in [0.3, 0.4) is 0 Å². The van der Waals surface area contributed by atoms with E-state index in [4.69, 9.17) is 0 Å². The lowest BCUT2D eigenvalue weighted by atomic mass is 9.99. The van der Waals surface area contributed by atoms with E-state index >= 15 is 0 Å². The van der Waals surface area contributed by atoms with Crippen molar-refractivity contribution in [1.29, 1.82) is 0 Å². The number of sulfonamides is 1. The van der Waals surface area contributed by atoms with E-state index in [2.05, 4.69) is 6.92 Å². The fourth-order valence-corrected chi connectivity index (χ4v) is 4.96. The summed E-state index contributed by atoms with van der Waals surface area (Å²) in [4.78, 5) is 15.0. The Labute approximate surface area is 168 Å². The average Bonchev–Trinajstić information content (AvgIpc) is 2.67. The van der Waals surface area contributed by atoms with E-state index in [9.17, 15) is 13.2 Å². The molecule has 28 heavy (non-hydrogen) atoms. The van der Waals surface area contributed by atoms with Gasteiger partial charge in [0.1, 0.15) is 0 Å². The number of carbonyl (C=O) groups is 1. The maximum atomic E-state index is 12.9. The van der Waals surface area contributed by atoms with Crippen LogP contribution in [-0.2, 0) is 10.0 Å². The third-order valence-electron chi connectivity index (χ3n) is 5.41. The Morgan fingerprint density at radius 3 is 2.39 bits per heavy atom. The zero-order chi connectivity index (χ0) is 20.5. The van der Waals surface area contributed by atoms with Crippen LogP contribution < -0.4 is 4.31 Å². The minimum absolute atomic E-state index is 0.0187. The molecule has 1 fully saturated rings. The number of benzene rings is 2. The van der Waals surface area contributed by atoms with Gasteiger partial charge in [0, 0.05) is 25.7 Å². The molecule has 0 aromatic heterocycles. The smallest absolute Gasteiger partial charge is 0.264 e. The molecule has 6 heteroatoms. The fraction of sp³-hybridized carbons (Fsp3) is 0.409. The summed E-state index contributed by atoms with van der Waals surface area (Å²) in [5.74, 6) is 0.536.